The number of hydrogen-bond acceptors (Lipinski definition) is 1. The van der Waals surface area contributed by atoms with Crippen molar-refractivity contribution in [2.24, 2.45) is 7.05 Å². The lowest BCUT2D eigenvalue weighted by atomic mass is 10.5. The molecule has 1 aromatic heterocycles. The maximum atomic E-state index is 3.88. The van der Waals surface area contributed by atoms with Gasteiger partial charge in [-0.25, -0.2) is 4.98 Å². The Balaban J connectivity index is 0.000000236. The van der Waals surface area contributed by atoms with Gasteiger partial charge in [-0.05, 0) is 6.92 Å². The Kier molecular flexibility index (Phi) is 4.63. The van der Waals surface area contributed by atoms with E-state index in [9.17, 15) is 0 Å². The molecule has 0 spiro atoms. The van der Waals surface area contributed by atoms with Crippen molar-refractivity contribution in [1.29, 1.82) is 0 Å². The van der Waals surface area contributed by atoms with Crippen LogP contribution in [0.15, 0.2) is 12.5 Å². The molecule has 0 radical (unpaired) electrons. The zero-order valence-electron chi connectivity index (χ0n) is 7.26. The van der Waals surface area contributed by atoms with Crippen molar-refractivity contribution < 1.29 is 0 Å². The summed E-state index contributed by atoms with van der Waals surface area (Å²) in [4.78, 5) is 3.88. The van der Waals surface area contributed by atoms with Crippen LogP contribution in [0.4, 0.5) is 0 Å². The van der Waals surface area contributed by atoms with Crippen LogP contribution in [-0.2, 0) is 7.05 Å². The van der Waals surface area contributed by atoms with E-state index < -0.39 is 0 Å². The van der Waals surface area contributed by atoms with Gasteiger partial charge in [0.25, 0.3) is 0 Å². The minimum atomic E-state index is 1.19. The third kappa shape index (κ3) is 3.28. The molecule has 1 heterocycles. The summed E-state index contributed by atoms with van der Waals surface area (Å²) in [5.74, 6) is 0. The molecule has 2 nitrogen and oxygen atoms in total. The molecule has 0 aliphatic carbocycles. The zero-order valence-corrected chi connectivity index (χ0v) is 7.26. The Morgan fingerprint density at radius 1 is 1.50 bits per heavy atom. The summed E-state index contributed by atoms with van der Waals surface area (Å²) in [5, 5.41) is 0. The van der Waals surface area contributed by atoms with Gasteiger partial charge in [-0.15, -0.1) is 0 Å². The van der Waals surface area contributed by atoms with E-state index in [0.717, 1.165) is 0 Å². The van der Waals surface area contributed by atoms with Gasteiger partial charge in [0, 0.05) is 18.9 Å². The maximum absolute atomic E-state index is 3.88. The van der Waals surface area contributed by atoms with Gasteiger partial charge in [0.15, 0.2) is 0 Å². The molecule has 0 unspecified atom stereocenters. The molecule has 0 aliphatic rings. The Hall–Kier alpha value is -0.790. The lowest BCUT2D eigenvalue weighted by molar-refractivity contribution is 0.873. The van der Waals surface area contributed by atoms with Crippen molar-refractivity contribution in [1.82, 2.24) is 9.55 Å². The van der Waals surface area contributed by atoms with Crippen LogP contribution in [-0.4, -0.2) is 9.55 Å². The Labute approximate surface area is 62.9 Å². The van der Waals surface area contributed by atoms with Gasteiger partial charge in [0.2, 0.25) is 0 Å². The smallest absolute Gasteiger partial charge is 0.0945 e. The second kappa shape index (κ2) is 5.03. The van der Waals surface area contributed by atoms with Crippen molar-refractivity contribution in [3.8, 4) is 0 Å². The summed E-state index contributed by atoms with van der Waals surface area (Å²) in [6.45, 7) is 6.27. The van der Waals surface area contributed by atoms with Gasteiger partial charge in [0.1, 0.15) is 0 Å². The first kappa shape index (κ1) is 9.21. The first-order valence-corrected chi connectivity index (χ1v) is 3.65. The molecule has 2 heteroatoms. The van der Waals surface area contributed by atoms with E-state index in [0.29, 0.717) is 0 Å². The van der Waals surface area contributed by atoms with Crippen molar-refractivity contribution in [3.05, 3.63) is 18.2 Å². The topological polar surface area (TPSA) is 17.8 Å². The first-order valence-electron chi connectivity index (χ1n) is 3.65. The molecule has 0 atom stereocenters. The van der Waals surface area contributed by atoms with Gasteiger partial charge in [-0.1, -0.05) is 20.3 Å². The number of imidazole rings is 1. The third-order valence-corrected chi connectivity index (χ3v) is 1.06. The van der Waals surface area contributed by atoms with E-state index in [-0.39, 0.29) is 0 Å². The van der Waals surface area contributed by atoms with Gasteiger partial charge in [0.05, 0.1) is 6.33 Å². The summed E-state index contributed by atoms with van der Waals surface area (Å²) >= 11 is 0. The molecule has 0 bridgehead atoms. The predicted molar refractivity (Wildman–Crippen MR) is 43.9 cm³/mol. The van der Waals surface area contributed by atoms with Crippen LogP contribution < -0.4 is 0 Å². The molecular weight excluding hydrogens is 124 g/mol. The first-order chi connectivity index (χ1) is 4.72. The second-order valence-electron chi connectivity index (χ2n) is 2.35. The highest BCUT2D eigenvalue weighted by atomic mass is 15.0. The number of aromatic nitrogens is 2. The molecule has 0 aromatic carbocycles. The van der Waals surface area contributed by atoms with Gasteiger partial charge in [-0.2, -0.15) is 0 Å². The molecule has 0 fully saturated rings. The predicted octanol–water partition coefficient (Wildman–Crippen LogP) is 2.14. The standard InChI is InChI=1S/C5H8N2.C3H8/c1-5-3-6-4-7(5)2;1-3-2/h3-4H,1-2H3;3H2,1-2H3. The van der Waals surface area contributed by atoms with E-state index in [1.807, 2.05) is 24.7 Å². The van der Waals surface area contributed by atoms with Crippen LogP contribution in [0.2, 0.25) is 0 Å². The van der Waals surface area contributed by atoms with Crippen molar-refractivity contribution in [2.45, 2.75) is 27.2 Å². The van der Waals surface area contributed by atoms with E-state index in [4.69, 9.17) is 0 Å². The molecule has 58 valence electrons. The molecule has 0 saturated heterocycles. The van der Waals surface area contributed by atoms with E-state index in [1.54, 1.807) is 6.33 Å². The monoisotopic (exact) mass is 140 g/mol. The number of rotatable bonds is 0. The quantitative estimate of drug-likeness (QED) is 0.540. The van der Waals surface area contributed by atoms with Crippen molar-refractivity contribution in [2.75, 3.05) is 0 Å². The summed E-state index contributed by atoms with van der Waals surface area (Å²) < 4.78 is 1.97. The van der Waals surface area contributed by atoms with Crippen LogP contribution in [0.5, 0.6) is 0 Å². The average molecular weight is 140 g/mol. The number of nitrogens with zero attached hydrogens (tertiary/aromatic N) is 2. The summed E-state index contributed by atoms with van der Waals surface area (Å²) in [6, 6.07) is 0. The fourth-order valence-electron chi connectivity index (χ4n) is 0.423. The summed E-state index contributed by atoms with van der Waals surface area (Å²) in [6.07, 6.45) is 4.87. The highest BCUT2D eigenvalue weighted by Crippen LogP contribution is 1.88. The minimum absolute atomic E-state index is 1.19. The van der Waals surface area contributed by atoms with E-state index >= 15 is 0 Å². The van der Waals surface area contributed by atoms with Gasteiger partial charge < -0.3 is 4.57 Å². The Morgan fingerprint density at radius 2 is 2.00 bits per heavy atom. The average Bonchev–Trinajstić information content (AvgIpc) is 2.19. The van der Waals surface area contributed by atoms with Crippen molar-refractivity contribution in [3.63, 3.8) is 0 Å². The number of aryl methyl sites for hydroxylation is 2. The van der Waals surface area contributed by atoms with Crippen molar-refractivity contribution >= 4 is 0 Å². The zero-order chi connectivity index (χ0) is 7.98. The molecule has 1 rings (SSSR count). The molecule has 0 saturated carbocycles. The molecule has 0 amide bonds. The molecule has 10 heavy (non-hydrogen) atoms. The van der Waals surface area contributed by atoms with Crippen LogP contribution in [0.1, 0.15) is 26.0 Å². The fourth-order valence-corrected chi connectivity index (χ4v) is 0.423. The molecule has 0 aliphatic heterocycles. The maximum Gasteiger partial charge on any atom is 0.0945 e. The summed E-state index contributed by atoms with van der Waals surface area (Å²) in [5.41, 5.74) is 1.19. The normalized spacial score (nSPS) is 8.40. The second-order valence-corrected chi connectivity index (χ2v) is 2.35. The van der Waals surface area contributed by atoms with Crippen LogP contribution in [0.25, 0.3) is 0 Å². The third-order valence-electron chi connectivity index (χ3n) is 1.06. The van der Waals surface area contributed by atoms with Gasteiger partial charge >= 0.3 is 0 Å². The number of hydrogen-bond donors (Lipinski definition) is 0. The lowest BCUT2D eigenvalue weighted by Crippen LogP contribution is -1.84. The van der Waals surface area contributed by atoms with Crippen LogP contribution >= 0.6 is 0 Å². The lowest BCUT2D eigenvalue weighted by Gasteiger charge is -1.87. The Bertz CT molecular complexity index is 151. The summed E-state index contributed by atoms with van der Waals surface area (Å²) in [7, 11) is 1.97. The van der Waals surface area contributed by atoms with E-state index in [1.165, 1.54) is 12.1 Å². The Morgan fingerprint density at radius 3 is 2.10 bits per heavy atom. The molecule has 1 aromatic rings. The highest BCUT2D eigenvalue weighted by molar-refractivity contribution is 4.91. The van der Waals surface area contributed by atoms with Crippen LogP contribution in [0.3, 0.4) is 0 Å². The largest absolute Gasteiger partial charge is 0.338 e. The molecular formula is C8H16N2. The van der Waals surface area contributed by atoms with E-state index in [2.05, 4.69) is 18.8 Å². The SMILES string of the molecule is CCC.Cc1cncn1C. The highest BCUT2D eigenvalue weighted by Gasteiger charge is 1.83. The minimum Gasteiger partial charge on any atom is -0.338 e. The molecule has 0 N–H and O–H groups in total. The van der Waals surface area contributed by atoms with Gasteiger partial charge in [-0.3, -0.25) is 0 Å². The van der Waals surface area contributed by atoms with Crippen LogP contribution in [0, 0.1) is 6.92 Å². The fraction of sp³-hybridized carbons (Fsp3) is 0.625.